The Kier molecular flexibility index (Phi) is 4.00. The van der Waals surface area contributed by atoms with Crippen LogP contribution in [0.4, 0.5) is 10.3 Å². The lowest BCUT2D eigenvalue weighted by molar-refractivity contribution is 0.569. The fourth-order valence-corrected chi connectivity index (χ4v) is 2.70. The molecule has 2 rings (SSSR count). The molecule has 0 aliphatic heterocycles. The van der Waals surface area contributed by atoms with Crippen molar-refractivity contribution >= 4 is 31.9 Å². The van der Waals surface area contributed by atoms with Gasteiger partial charge in [-0.3, -0.25) is 0 Å². The van der Waals surface area contributed by atoms with Crippen LogP contribution in [0.15, 0.2) is 27.6 Å². The number of nitrogens with zero attached hydrogens (tertiary/aromatic N) is 3. The van der Waals surface area contributed by atoms with Gasteiger partial charge in [0.25, 0.3) is 16.0 Å². The third kappa shape index (κ3) is 3.10. The van der Waals surface area contributed by atoms with E-state index in [-0.39, 0.29) is 5.95 Å². The smallest absolute Gasteiger partial charge is 0.246 e. The topological polar surface area (TPSA) is 84.8 Å². The monoisotopic (exact) mass is 360 g/mol. The Morgan fingerprint density at radius 2 is 1.90 bits per heavy atom. The molecule has 1 heterocycles. The molecular formula is C11H10BrFN4O2S. The van der Waals surface area contributed by atoms with E-state index in [0.717, 1.165) is 12.1 Å². The van der Waals surface area contributed by atoms with Crippen LogP contribution in [0.5, 0.6) is 0 Å². The van der Waals surface area contributed by atoms with Gasteiger partial charge in [-0.25, -0.2) is 22.5 Å². The van der Waals surface area contributed by atoms with Gasteiger partial charge in [0, 0.05) is 4.47 Å². The summed E-state index contributed by atoms with van der Waals surface area (Å²) in [7, 11) is -4.10. The van der Waals surface area contributed by atoms with Crippen LogP contribution in [-0.2, 0) is 10.0 Å². The summed E-state index contributed by atoms with van der Waals surface area (Å²) in [6.45, 7) is 3.37. The summed E-state index contributed by atoms with van der Waals surface area (Å²) in [5.74, 6) is -1.07. The maximum absolute atomic E-state index is 13.7. The summed E-state index contributed by atoms with van der Waals surface area (Å²) in [5, 5.41) is 7.37. The molecule has 0 radical (unpaired) electrons. The van der Waals surface area contributed by atoms with Gasteiger partial charge in [0.2, 0.25) is 0 Å². The number of nitrogens with one attached hydrogen (secondary N) is 1. The predicted molar refractivity (Wildman–Crippen MR) is 74.2 cm³/mol. The largest absolute Gasteiger partial charge is 0.267 e. The van der Waals surface area contributed by atoms with Crippen molar-refractivity contribution in [3.8, 4) is 0 Å². The number of aryl methyl sites for hydroxylation is 2. The minimum absolute atomic E-state index is 0.199. The minimum Gasteiger partial charge on any atom is -0.246 e. The number of sulfonamides is 1. The molecule has 1 N–H and O–H groups in total. The molecule has 0 fully saturated rings. The van der Waals surface area contributed by atoms with E-state index in [1.165, 1.54) is 6.07 Å². The van der Waals surface area contributed by atoms with Gasteiger partial charge < -0.3 is 0 Å². The molecule has 106 valence electrons. The number of aromatic nitrogens is 3. The summed E-state index contributed by atoms with van der Waals surface area (Å²) < 4.78 is 40.3. The molecule has 9 heteroatoms. The lowest BCUT2D eigenvalue weighted by Gasteiger charge is -2.08. The molecule has 0 aliphatic rings. The van der Waals surface area contributed by atoms with E-state index in [1.807, 2.05) is 0 Å². The Morgan fingerprint density at radius 3 is 2.50 bits per heavy atom. The Bertz CT molecular complexity index is 767. The van der Waals surface area contributed by atoms with E-state index in [4.69, 9.17) is 0 Å². The van der Waals surface area contributed by atoms with Crippen molar-refractivity contribution in [1.82, 2.24) is 15.2 Å². The zero-order chi connectivity index (χ0) is 14.9. The van der Waals surface area contributed by atoms with E-state index in [1.54, 1.807) is 13.8 Å². The molecular weight excluding hydrogens is 351 g/mol. The van der Waals surface area contributed by atoms with E-state index < -0.39 is 20.7 Å². The number of hydrogen-bond acceptors (Lipinski definition) is 5. The second-order valence-corrected chi connectivity index (χ2v) is 6.55. The highest BCUT2D eigenvalue weighted by Gasteiger charge is 2.20. The fraction of sp³-hybridized carbons (Fsp3) is 0.182. The van der Waals surface area contributed by atoms with Crippen molar-refractivity contribution in [2.45, 2.75) is 18.7 Å². The van der Waals surface area contributed by atoms with E-state index in [9.17, 15) is 12.8 Å². The SMILES string of the molecule is Cc1nnc(NS(=O)(=O)c2ccc(Br)cc2F)nc1C. The highest BCUT2D eigenvalue weighted by Crippen LogP contribution is 2.21. The average Bonchev–Trinajstić information content (AvgIpc) is 2.33. The summed E-state index contributed by atoms with van der Waals surface area (Å²) in [5.41, 5.74) is 1.12. The van der Waals surface area contributed by atoms with Crippen molar-refractivity contribution in [2.24, 2.45) is 0 Å². The second kappa shape index (κ2) is 5.41. The first kappa shape index (κ1) is 14.8. The number of rotatable bonds is 3. The van der Waals surface area contributed by atoms with Crippen LogP contribution in [0.2, 0.25) is 0 Å². The second-order valence-electron chi connectivity index (χ2n) is 3.99. The van der Waals surface area contributed by atoms with Crippen molar-refractivity contribution in [1.29, 1.82) is 0 Å². The fourth-order valence-electron chi connectivity index (χ4n) is 1.37. The molecule has 6 nitrogen and oxygen atoms in total. The molecule has 20 heavy (non-hydrogen) atoms. The Morgan fingerprint density at radius 1 is 1.20 bits per heavy atom. The van der Waals surface area contributed by atoms with Crippen LogP contribution in [0.25, 0.3) is 0 Å². The quantitative estimate of drug-likeness (QED) is 0.906. The molecule has 0 atom stereocenters. The molecule has 1 aromatic carbocycles. The van der Waals surface area contributed by atoms with Gasteiger partial charge in [-0.2, -0.15) is 5.10 Å². The van der Waals surface area contributed by atoms with E-state index in [2.05, 4.69) is 35.8 Å². The molecule has 0 bridgehead atoms. The molecule has 0 saturated heterocycles. The maximum Gasteiger partial charge on any atom is 0.267 e. The van der Waals surface area contributed by atoms with Crippen LogP contribution in [0.1, 0.15) is 11.4 Å². The number of benzene rings is 1. The van der Waals surface area contributed by atoms with Crippen LogP contribution >= 0.6 is 15.9 Å². The van der Waals surface area contributed by atoms with Crippen LogP contribution < -0.4 is 4.72 Å². The average molecular weight is 361 g/mol. The van der Waals surface area contributed by atoms with Crippen LogP contribution in [0.3, 0.4) is 0 Å². The molecule has 0 unspecified atom stereocenters. The standard InChI is InChI=1S/C11H10BrFN4O2S/c1-6-7(2)15-16-11(14-6)17-20(18,19)10-4-3-8(12)5-9(10)13/h3-5H,1-2H3,(H,14,16,17). The summed E-state index contributed by atoms with van der Waals surface area (Å²) in [4.78, 5) is 3.45. The number of hydrogen-bond donors (Lipinski definition) is 1. The highest BCUT2D eigenvalue weighted by molar-refractivity contribution is 9.10. The summed E-state index contributed by atoms with van der Waals surface area (Å²) in [6, 6.07) is 3.64. The lowest BCUT2D eigenvalue weighted by atomic mass is 10.3. The van der Waals surface area contributed by atoms with Gasteiger partial charge in [-0.15, -0.1) is 5.10 Å². The third-order valence-electron chi connectivity index (χ3n) is 2.50. The van der Waals surface area contributed by atoms with Gasteiger partial charge in [0.1, 0.15) is 10.7 Å². The molecule has 0 spiro atoms. The number of anilines is 1. The Balaban J connectivity index is 2.38. The maximum atomic E-state index is 13.7. The van der Waals surface area contributed by atoms with Crippen molar-refractivity contribution in [3.05, 3.63) is 39.9 Å². The van der Waals surface area contributed by atoms with E-state index >= 15 is 0 Å². The lowest BCUT2D eigenvalue weighted by Crippen LogP contribution is -2.17. The molecule has 2 aromatic rings. The van der Waals surface area contributed by atoms with Gasteiger partial charge >= 0.3 is 0 Å². The predicted octanol–water partition coefficient (Wildman–Crippen LogP) is 2.19. The van der Waals surface area contributed by atoms with Crippen molar-refractivity contribution in [2.75, 3.05) is 4.72 Å². The Labute approximate surface area is 123 Å². The normalized spacial score (nSPS) is 11.4. The van der Waals surface area contributed by atoms with E-state index in [0.29, 0.717) is 15.9 Å². The van der Waals surface area contributed by atoms with Gasteiger partial charge in [0.15, 0.2) is 0 Å². The van der Waals surface area contributed by atoms with Crippen molar-refractivity contribution in [3.63, 3.8) is 0 Å². The van der Waals surface area contributed by atoms with Crippen molar-refractivity contribution < 1.29 is 12.8 Å². The molecule has 0 amide bonds. The molecule has 0 aliphatic carbocycles. The van der Waals surface area contributed by atoms with Gasteiger partial charge in [-0.1, -0.05) is 15.9 Å². The Hall–Kier alpha value is -1.61. The summed E-state index contributed by atoms with van der Waals surface area (Å²) >= 11 is 3.06. The van der Waals surface area contributed by atoms with Gasteiger partial charge in [-0.05, 0) is 32.0 Å². The zero-order valence-corrected chi connectivity index (χ0v) is 13.0. The third-order valence-corrected chi connectivity index (χ3v) is 4.36. The summed E-state index contributed by atoms with van der Waals surface area (Å²) in [6.07, 6.45) is 0. The minimum atomic E-state index is -4.10. The first-order valence-electron chi connectivity index (χ1n) is 5.45. The first-order valence-corrected chi connectivity index (χ1v) is 7.73. The van der Waals surface area contributed by atoms with Crippen LogP contribution in [0, 0.1) is 19.7 Å². The molecule has 0 saturated carbocycles. The van der Waals surface area contributed by atoms with Crippen LogP contribution in [-0.4, -0.2) is 23.6 Å². The molecule has 1 aromatic heterocycles. The first-order chi connectivity index (χ1) is 9.29. The van der Waals surface area contributed by atoms with Gasteiger partial charge in [0.05, 0.1) is 11.4 Å². The highest BCUT2D eigenvalue weighted by atomic mass is 79.9. The number of halogens is 2. The zero-order valence-electron chi connectivity index (χ0n) is 10.6.